The number of nitrogens with zero attached hydrogens (tertiary/aromatic N) is 1. The zero-order chi connectivity index (χ0) is 17.4. The van der Waals surface area contributed by atoms with E-state index in [2.05, 4.69) is 4.90 Å². The van der Waals surface area contributed by atoms with Crippen LogP contribution in [0.25, 0.3) is 0 Å². The van der Waals surface area contributed by atoms with Crippen LogP contribution in [-0.4, -0.2) is 37.0 Å². The van der Waals surface area contributed by atoms with Gasteiger partial charge in [-0.05, 0) is 74.1 Å². The molecule has 0 aromatic heterocycles. The number of ether oxygens (including phenoxy) is 1. The maximum absolute atomic E-state index is 13.3. The van der Waals surface area contributed by atoms with Crippen molar-refractivity contribution in [2.45, 2.75) is 51.4 Å². The molecule has 134 valence electrons. The highest BCUT2D eigenvalue weighted by atomic mass is 16.5. The van der Waals surface area contributed by atoms with Crippen molar-refractivity contribution in [2.24, 2.45) is 11.3 Å². The molecular weight excluding hydrogens is 314 g/mol. The number of methoxy groups -OCH3 is 1. The lowest BCUT2D eigenvalue weighted by Gasteiger charge is -2.46. The van der Waals surface area contributed by atoms with E-state index in [9.17, 15) is 9.59 Å². The van der Waals surface area contributed by atoms with E-state index >= 15 is 0 Å². The summed E-state index contributed by atoms with van der Waals surface area (Å²) in [5, 5.41) is 0. The average Bonchev–Trinajstić information content (AvgIpc) is 2.60. The van der Waals surface area contributed by atoms with Crippen molar-refractivity contribution in [3.05, 3.63) is 34.9 Å². The predicted molar refractivity (Wildman–Crippen MR) is 95.4 cm³/mol. The average molecular weight is 341 g/mol. The maximum atomic E-state index is 13.3. The van der Waals surface area contributed by atoms with Gasteiger partial charge in [-0.25, -0.2) is 4.79 Å². The van der Waals surface area contributed by atoms with Gasteiger partial charge in [-0.2, -0.15) is 0 Å². The molecule has 1 saturated carbocycles. The fourth-order valence-electron chi connectivity index (χ4n) is 4.81. The molecule has 1 amide bonds. The number of likely N-dealkylation sites (tertiary alicyclic amines) is 1. The quantitative estimate of drug-likeness (QED) is 0.792. The van der Waals surface area contributed by atoms with Gasteiger partial charge >= 0.3 is 5.97 Å². The first-order chi connectivity index (χ1) is 12.1. The van der Waals surface area contributed by atoms with Crippen molar-refractivity contribution in [1.29, 1.82) is 0 Å². The Morgan fingerprint density at radius 3 is 2.80 bits per heavy atom. The van der Waals surface area contributed by atoms with Gasteiger partial charge in [-0.15, -0.1) is 0 Å². The molecule has 4 heteroatoms. The first-order valence-electron chi connectivity index (χ1n) is 9.61. The van der Waals surface area contributed by atoms with E-state index in [1.165, 1.54) is 37.5 Å². The minimum Gasteiger partial charge on any atom is -0.465 e. The summed E-state index contributed by atoms with van der Waals surface area (Å²) in [5.74, 6) is 0.828. The molecule has 0 unspecified atom stereocenters. The molecule has 1 aromatic carbocycles. The van der Waals surface area contributed by atoms with Crippen LogP contribution in [0.3, 0.4) is 0 Å². The van der Waals surface area contributed by atoms with E-state index in [1.54, 1.807) is 0 Å². The van der Waals surface area contributed by atoms with Gasteiger partial charge in [0.15, 0.2) is 0 Å². The summed E-state index contributed by atoms with van der Waals surface area (Å²) in [7, 11) is 1.41. The second-order valence-electron chi connectivity index (χ2n) is 8.08. The molecular formula is C21H27NO3. The number of hydrogen-bond donors (Lipinski definition) is 0. The summed E-state index contributed by atoms with van der Waals surface area (Å²) < 4.78 is 4.82. The van der Waals surface area contributed by atoms with Gasteiger partial charge in [-0.1, -0.05) is 12.5 Å². The highest BCUT2D eigenvalue weighted by molar-refractivity contribution is 5.90. The van der Waals surface area contributed by atoms with Crippen molar-refractivity contribution in [2.75, 3.05) is 20.2 Å². The van der Waals surface area contributed by atoms with Gasteiger partial charge < -0.3 is 9.64 Å². The Kier molecular flexibility index (Phi) is 4.30. The number of rotatable bonds is 3. The standard InChI is InChI=1S/C21H27NO3/c1-25-19(23)17-6-7-18-13-21(10-8-16(18)12-17)9-3-11-22(20(21)24)14-15-4-2-5-15/h6-7,12,15H,2-5,8-11,13-14H2,1H3/t21-/m0/s1. The predicted octanol–water partition coefficient (Wildman–Crippen LogP) is 3.37. The van der Waals surface area contributed by atoms with Gasteiger partial charge in [0, 0.05) is 13.1 Å². The third-order valence-corrected chi connectivity index (χ3v) is 6.56. The highest BCUT2D eigenvalue weighted by Crippen LogP contribution is 2.44. The van der Waals surface area contributed by atoms with Crippen LogP contribution in [0, 0.1) is 11.3 Å². The number of fused-ring (bicyclic) bond motifs is 1. The molecule has 1 heterocycles. The summed E-state index contributed by atoms with van der Waals surface area (Å²) in [5.41, 5.74) is 2.84. The first-order valence-corrected chi connectivity index (χ1v) is 9.61. The van der Waals surface area contributed by atoms with Gasteiger partial charge in [-0.3, -0.25) is 4.79 Å². The van der Waals surface area contributed by atoms with Crippen molar-refractivity contribution in [3.8, 4) is 0 Å². The SMILES string of the molecule is COC(=O)c1ccc2c(c1)CC[C@@]1(CCCN(CC3CCC3)C1=O)C2. The highest BCUT2D eigenvalue weighted by Gasteiger charge is 2.46. The molecule has 2 aliphatic carbocycles. The van der Waals surface area contributed by atoms with Crippen LogP contribution in [0.4, 0.5) is 0 Å². The summed E-state index contributed by atoms with van der Waals surface area (Å²) in [6, 6.07) is 5.82. The number of esters is 1. The van der Waals surface area contributed by atoms with Crippen LogP contribution < -0.4 is 0 Å². The fraction of sp³-hybridized carbons (Fsp3) is 0.619. The van der Waals surface area contributed by atoms with Gasteiger partial charge in [0.1, 0.15) is 0 Å². The van der Waals surface area contributed by atoms with Crippen molar-refractivity contribution in [1.82, 2.24) is 4.90 Å². The molecule has 1 atom stereocenters. The molecule has 3 aliphatic rings. The molecule has 0 bridgehead atoms. The summed E-state index contributed by atoms with van der Waals surface area (Å²) in [6.45, 7) is 1.90. The maximum Gasteiger partial charge on any atom is 0.337 e. The van der Waals surface area contributed by atoms with Crippen LogP contribution in [-0.2, 0) is 22.4 Å². The zero-order valence-electron chi connectivity index (χ0n) is 15.1. The third kappa shape index (κ3) is 2.96. The van der Waals surface area contributed by atoms with Gasteiger partial charge in [0.05, 0.1) is 18.1 Å². The van der Waals surface area contributed by atoms with Crippen molar-refractivity contribution in [3.63, 3.8) is 0 Å². The van der Waals surface area contributed by atoms with E-state index in [1.807, 2.05) is 18.2 Å². The summed E-state index contributed by atoms with van der Waals surface area (Å²) in [6.07, 6.45) is 8.64. The number of aryl methyl sites for hydroxylation is 1. The molecule has 1 aliphatic heterocycles. The fourth-order valence-corrected chi connectivity index (χ4v) is 4.81. The van der Waals surface area contributed by atoms with E-state index < -0.39 is 0 Å². The number of carbonyl (C=O) groups is 2. The number of piperidine rings is 1. The van der Waals surface area contributed by atoms with Crippen LogP contribution in [0.1, 0.15) is 60.0 Å². The molecule has 1 saturated heterocycles. The third-order valence-electron chi connectivity index (χ3n) is 6.56. The molecule has 2 fully saturated rings. The molecule has 1 spiro atoms. The Bertz CT molecular complexity index is 694. The van der Waals surface area contributed by atoms with Gasteiger partial charge in [0.2, 0.25) is 5.91 Å². The smallest absolute Gasteiger partial charge is 0.337 e. The first kappa shape index (κ1) is 16.6. The van der Waals surface area contributed by atoms with E-state index in [0.29, 0.717) is 11.5 Å². The Balaban J connectivity index is 1.53. The minimum atomic E-state index is -0.288. The molecule has 4 nitrogen and oxygen atoms in total. The molecule has 0 radical (unpaired) electrons. The van der Waals surface area contributed by atoms with Crippen molar-refractivity contribution >= 4 is 11.9 Å². The topological polar surface area (TPSA) is 46.6 Å². The Morgan fingerprint density at radius 1 is 1.24 bits per heavy atom. The Morgan fingerprint density at radius 2 is 2.08 bits per heavy atom. The lowest BCUT2D eigenvalue weighted by atomic mass is 9.66. The Labute approximate surface area is 149 Å². The van der Waals surface area contributed by atoms with E-state index in [-0.39, 0.29) is 11.4 Å². The summed E-state index contributed by atoms with van der Waals surface area (Å²) in [4.78, 5) is 27.2. The lowest BCUT2D eigenvalue weighted by molar-refractivity contribution is -0.148. The van der Waals surface area contributed by atoms with Crippen LogP contribution in [0.2, 0.25) is 0 Å². The number of hydrogen-bond acceptors (Lipinski definition) is 3. The number of carbonyl (C=O) groups excluding carboxylic acids is 2. The monoisotopic (exact) mass is 341 g/mol. The minimum absolute atomic E-state index is 0.207. The Hall–Kier alpha value is -1.84. The van der Waals surface area contributed by atoms with Crippen LogP contribution in [0.15, 0.2) is 18.2 Å². The normalized spacial score (nSPS) is 26.3. The van der Waals surface area contributed by atoms with E-state index in [0.717, 1.165) is 51.1 Å². The largest absolute Gasteiger partial charge is 0.465 e. The molecule has 25 heavy (non-hydrogen) atoms. The number of amides is 1. The number of benzene rings is 1. The second kappa shape index (κ2) is 6.47. The van der Waals surface area contributed by atoms with Crippen molar-refractivity contribution < 1.29 is 14.3 Å². The van der Waals surface area contributed by atoms with Gasteiger partial charge in [0.25, 0.3) is 0 Å². The second-order valence-corrected chi connectivity index (χ2v) is 8.08. The molecule has 0 N–H and O–H groups in total. The lowest BCUT2D eigenvalue weighted by Crippen LogP contribution is -2.52. The zero-order valence-corrected chi connectivity index (χ0v) is 15.1. The van der Waals surface area contributed by atoms with Crippen LogP contribution >= 0.6 is 0 Å². The van der Waals surface area contributed by atoms with E-state index in [4.69, 9.17) is 4.74 Å². The summed E-state index contributed by atoms with van der Waals surface area (Å²) >= 11 is 0. The molecule has 4 rings (SSSR count). The van der Waals surface area contributed by atoms with Crippen LogP contribution in [0.5, 0.6) is 0 Å². The molecule has 1 aromatic rings.